The lowest BCUT2D eigenvalue weighted by Gasteiger charge is -2.33. The maximum atomic E-state index is 13.1. The van der Waals surface area contributed by atoms with Gasteiger partial charge in [-0.1, -0.05) is 39.3 Å². The minimum absolute atomic E-state index is 0.0265. The summed E-state index contributed by atoms with van der Waals surface area (Å²) in [5.41, 5.74) is -0.0265. The van der Waals surface area contributed by atoms with E-state index in [2.05, 4.69) is 21.3 Å². The van der Waals surface area contributed by atoms with Crippen LogP contribution in [0, 0.1) is 11.8 Å². The Balaban J connectivity index is 2.39. The third kappa shape index (κ3) is 6.22. The van der Waals surface area contributed by atoms with Crippen LogP contribution in [0.5, 0.6) is 5.75 Å². The van der Waals surface area contributed by atoms with Crippen LogP contribution in [0.4, 0.5) is 0 Å². The molecule has 1 aliphatic rings. The molecule has 2 rings (SSSR count). The van der Waals surface area contributed by atoms with Crippen LogP contribution in [-0.4, -0.2) is 64.1 Å². The van der Waals surface area contributed by atoms with E-state index >= 15 is 0 Å². The molecular weight excluding hydrogens is 428 g/mol. The lowest BCUT2D eigenvalue weighted by molar-refractivity contribution is -0.136. The summed E-state index contributed by atoms with van der Waals surface area (Å²) in [4.78, 5) is 51.5. The lowest BCUT2D eigenvalue weighted by Crippen LogP contribution is -2.63. The van der Waals surface area contributed by atoms with E-state index in [9.17, 15) is 29.4 Å². The number of rotatable bonds is 4. The average Bonchev–Trinajstić information content (AvgIpc) is 2.78. The zero-order chi connectivity index (χ0) is 24.9. The lowest BCUT2D eigenvalue weighted by atomic mass is 9.93. The quantitative estimate of drug-likeness (QED) is 0.371. The Labute approximate surface area is 193 Å². The van der Waals surface area contributed by atoms with Gasteiger partial charge < -0.3 is 31.5 Å². The van der Waals surface area contributed by atoms with Gasteiger partial charge in [0.1, 0.15) is 17.8 Å². The number of phenols is 1. The van der Waals surface area contributed by atoms with Gasteiger partial charge in [-0.05, 0) is 31.9 Å². The van der Waals surface area contributed by atoms with Crippen molar-refractivity contribution < 1.29 is 29.4 Å². The molecule has 6 N–H and O–H groups in total. The molecule has 0 spiro atoms. The molecule has 1 aliphatic heterocycles. The van der Waals surface area contributed by atoms with Gasteiger partial charge in [-0.25, -0.2) is 0 Å². The normalized spacial score (nSPS) is 30.1. The first kappa shape index (κ1) is 26.1. The smallest absolute Gasteiger partial charge is 0.255 e. The largest absolute Gasteiger partial charge is 0.507 e. The molecule has 1 heterocycles. The molecule has 4 amide bonds. The minimum atomic E-state index is -1.22. The molecule has 1 aromatic rings. The predicted molar refractivity (Wildman–Crippen MR) is 121 cm³/mol. The standard InChI is InChI=1S/C23H34N4O6/c1-6-11(2)17-22(32)24-13(4)18(27-21(31)15-9-7-8-10-16(15)28)23(33)25-14(5)19(29)12(3)20(30)26-17/h7-14,17-19,28-29H,6H2,1-5H3,(H,24,32)(H,25,33)(H,26,30)(H,27,31). The molecule has 0 radical (unpaired) electrons. The van der Waals surface area contributed by atoms with Crippen molar-refractivity contribution in [3.8, 4) is 5.75 Å². The highest BCUT2D eigenvalue weighted by molar-refractivity contribution is 6.00. The summed E-state index contributed by atoms with van der Waals surface area (Å²) in [6, 6.07) is 2.12. The molecular formula is C23H34N4O6. The number of phenolic OH excluding ortho intramolecular Hbond substituents is 1. The molecule has 0 saturated carbocycles. The number of benzene rings is 1. The Kier molecular flexibility index (Phi) is 8.81. The van der Waals surface area contributed by atoms with Gasteiger partial charge in [0.25, 0.3) is 5.91 Å². The van der Waals surface area contributed by atoms with Crippen molar-refractivity contribution in [3.63, 3.8) is 0 Å². The second-order valence-electron chi connectivity index (χ2n) is 8.71. The fourth-order valence-electron chi connectivity index (χ4n) is 3.67. The number of amides is 4. The molecule has 10 nitrogen and oxygen atoms in total. The Bertz CT molecular complexity index is 891. The molecule has 0 aromatic heterocycles. The van der Waals surface area contributed by atoms with Gasteiger partial charge in [-0.3, -0.25) is 19.2 Å². The van der Waals surface area contributed by atoms with Crippen molar-refractivity contribution in [3.05, 3.63) is 29.8 Å². The number of aromatic hydroxyl groups is 1. The number of carbonyl (C=O) groups is 4. The molecule has 7 atom stereocenters. The van der Waals surface area contributed by atoms with E-state index in [1.54, 1.807) is 26.0 Å². The van der Waals surface area contributed by atoms with Crippen molar-refractivity contribution in [2.45, 2.75) is 71.3 Å². The van der Waals surface area contributed by atoms with Crippen LogP contribution in [0.2, 0.25) is 0 Å². The third-order valence-corrected chi connectivity index (χ3v) is 6.19. The summed E-state index contributed by atoms with van der Waals surface area (Å²) in [7, 11) is 0. The van der Waals surface area contributed by atoms with Crippen molar-refractivity contribution in [2.75, 3.05) is 0 Å². The average molecular weight is 463 g/mol. The second-order valence-corrected chi connectivity index (χ2v) is 8.71. The Hall–Kier alpha value is -3.14. The molecule has 33 heavy (non-hydrogen) atoms. The van der Waals surface area contributed by atoms with Crippen LogP contribution in [0.3, 0.4) is 0 Å². The number of nitrogens with one attached hydrogen (secondary N) is 4. The van der Waals surface area contributed by atoms with Gasteiger partial charge in [0, 0.05) is 0 Å². The summed E-state index contributed by atoms with van der Waals surface area (Å²) in [5.74, 6) is -3.71. The fourth-order valence-corrected chi connectivity index (χ4v) is 3.67. The second kappa shape index (κ2) is 11.1. The first-order valence-corrected chi connectivity index (χ1v) is 11.2. The highest BCUT2D eigenvalue weighted by Gasteiger charge is 2.37. The van der Waals surface area contributed by atoms with E-state index in [-0.39, 0.29) is 17.2 Å². The van der Waals surface area contributed by atoms with Crippen molar-refractivity contribution in [1.29, 1.82) is 0 Å². The zero-order valence-corrected chi connectivity index (χ0v) is 19.6. The molecule has 10 heteroatoms. The number of carbonyl (C=O) groups excluding carboxylic acids is 4. The van der Waals surface area contributed by atoms with Crippen LogP contribution < -0.4 is 21.3 Å². The van der Waals surface area contributed by atoms with Crippen LogP contribution in [-0.2, 0) is 14.4 Å². The SMILES string of the molecule is CCC(C)C1NC(=O)C(C)C(O)C(C)NC(=O)C(NC(=O)c2ccccc2O)C(C)NC1=O. The molecule has 1 fully saturated rings. The molecule has 0 aliphatic carbocycles. The number of hydrogen-bond acceptors (Lipinski definition) is 6. The molecule has 1 aromatic carbocycles. The van der Waals surface area contributed by atoms with E-state index in [0.29, 0.717) is 6.42 Å². The van der Waals surface area contributed by atoms with E-state index in [1.807, 2.05) is 13.8 Å². The predicted octanol–water partition coefficient (Wildman–Crippen LogP) is 0.0415. The van der Waals surface area contributed by atoms with E-state index in [4.69, 9.17) is 0 Å². The van der Waals surface area contributed by atoms with E-state index < -0.39 is 59.8 Å². The van der Waals surface area contributed by atoms with E-state index in [1.165, 1.54) is 19.1 Å². The molecule has 1 saturated heterocycles. The molecule has 182 valence electrons. The van der Waals surface area contributed by atoms with Gasteiger partial charge in [0.15, 0.2) is 0 Å². The summed E-state index contributed by atoms with van der Waals surface area (Å²) in [6.45, 7) is 8.31. The van der Waals surface area contributed by atoms with E-state index in [0.717, 1.165) is 0 Å². The maximum absolute atomic E-state index is 13.1. The van der Waals surface area contributed by atoms with Gasteiger partial charge >= 0.3 is 0 Å². The van der Waals surface area contributed by atoms with Crippen molar-refractivity contribution >= 4 is 23.6 Å². The van der Waals surface area contributed by atoms with Crippen molar-refractivity contribution in [1.82, 2.24) is 21.3 Å². The van der Waals surface area contributed by atoms with Crippen LogP contribution in [0.25, 0.3) is 0 Å². The topological polar surface area (TPSA) is 157 Å². The minimum Gasteiger partial charge on any atom is -0.507 e. The van der Waals surface area contributed by atoms with Crippen LogP contribution >= 0.6 is 0 Å². The summed E-state index contributed by atoms with van der Waals surface area (Å²) in [6.07, 6.45) is -0.618. The maximum Gasteiger partial charge on any atom is 0.255 e. The van der Waals surface area contributed by atoms with Gasteiger partial charge in [0.05, 0.1) is 29.7 Å². The Morgan fingerprint density at radius 1 is 1.00 bits per heavy atom. The number of aliphatic hydroxyl groups is 1. The first-order chi connectivity index (χ1) is 15.5. The summed E-state index contributed by atoms with van der Waals surface area (Å²) >= 11 is 0. The summed E-state index contributed by atoms with van der Waals surface area (Å²) in [5, 5.41) is 31.2. The van der Waals surface area contributed by atoms with Crippen molar-refractivity contribution in [2.24, 2.45) is 11.8 Å². The molecule has 7 unspecified atom stereocenters. The highest BCUT2D eigenvalue weighted by Crippen LogP contribution is 2.17. The Morgan fingerprint density at radius 2 is 1.61 bits per heavy atom. The monoisotopic (exact) mass is 462 g/mol. The van der Waals surface area contributed by atoms with Gasteiger partial charge in [0.2, 0.25) is 17.7 Å². The fraction of sp³-hybridized carbons (Fsp3) is 0.565. The zero-order valence-electron chi connectivity index (χ0n) is 19.6. The highest BCUT2D eigenvalue weighted by atomic mass is 16.3. The van der Waals surface area contributed by atoms with Gasteiger partial charge in [-0.15, -0.1) is 0 Å². The third-order valence-electron chi connectivity index (χ3n) is 6.19. The number of aliphatic hydroxyl groups excluding tert-OH is 1. The number of para-hydroxylation sites is 1. The molecule has 0 bridgehead atoms. The Morgan fingerprint density at radius 3 is 2.21 bits per heavy atom. The number of hydrogen-bond donors (Lipinski definition) is 6. The summed E-state index contributed by atoms with van der Waals surface area (Å²) < 4.78 is 0. The van der Waals surface area contributed by atoms with Gasteiger partial charge in [-0.2, -0.15) is 0 Å². The van der Waals surface area contributed by atoms with Crippen LogP contribution in [0.1, 0.15) is 51.4 Å². The first-order valence-electron chi connectivity index (χ1n) is 11.2. The van der Waals surface area contributed by atoms with Crippen LogP contribution in [0.15, 0.2) is 24.3 Å².